The van der Waals surface area contributed by atoms with Gasteiger partial charge in [0.25, 0.3) is 5.79 Å². The Kier molecular flexibility index (Phi) is 40.7. The highest BCUT2D eigenvalue weighted by molar-refractivity contribution is 5.77. The monoisotopic (exact) mass is 2040 g/mol. The summed E-state index contributed by atoms with van der Waals surface area (Å²) < 4.78 is 125. The van der Waals surface area contributed by atoms with Crippen molar-refractivity contribution in [3.63, 3.8) is 0 Å². The molecule has 0 aromatic rings. The number of carbonyl (C=O) groups excluding carboxylic acids is 4. The van der Waals surface area contributed by atoms with Gasteiger partial charge in [0.1, 0.15) is 256 Å². The summed E-state index contributed by atoms with van der Waals surface area (Å²) in [5.41, 5.74) is 0. The van der Waals surface area contributed by atoms with E-state index in [1.165, 1.54) is 6.92 Å². The second-order valence-electron chi connectivity index (χ2n) is 35.2. The standard InChI is InChI=1S/C77H128N4O58/c1-17-37(97)47(107)51(111)70(120-17)137-65-64(136-71-52(112)48(108)39(99)24(8-83)122-71)42(102)27(11-86)125-75(65)133-58-29(13-88)126-67(34(44(58)104)79-19(3)92)119-16-32-43(103)62(54(114)73(129-32)130-56-30(14-89)127-68(35(45(56)105)80-20(4)93)134-61-40(100)25(9-84)123-72(53(61)113)132-59-28(12-87)121-66(116)50(110)49(59)109)135-69-36(81-21(5)94)46(106)57(31(15-90)128-69)131-74-55(115)63(41(101)26(10-85)124-74)139-77(76(117)118)6-22(95)33(78-18(2)91)60(138-77)38(98)23(96)7-82/h17,22-75,82-90,95-116H,6-16H2,1-5H3,(H,78,91)(H,79,92)(H,80,93)(H,81,94)(H,117,118)/t17-,22-,23+,24+,25+,26+,27+,28+,29+,30+,31+,32+,33+,34+,35+,36+,37+,38+,39-,40-,41-,42-,43-,44+,45+,46+,47+,48-,49+,50+,51-,52+,53+,54+,55+,56+,57+,58+,59+,60+,61-,62-,63-,64-,65+,66+,67+,68-,69-,70-,71+,72-,73-,74-,75-,77-/m0/s1. The topological polar surface area (TPSA) is 975 Å². The molecule has 0 radical (unpaired) electrons. The summed E-state index contributed by atoms with van der Waals surface area (Å²) in [4.78, 5) is 65.8. The van der Waals surface area contributed by atoms with Gasteiger partial charge in [0.05, 0.1) is 84.3 Å². The average Bonchev–Trinajstić information content (AvgIpc) is 0.753. The molecule has 0 aliphatic carbocycles. The lowest BCUT2D eigenvalue weighted by molar-refractivity contribution is -0.403. The fourth-order valence-corrected chi connectivity index (χ4v) is 18.1. The second-order valence-corrected chi connectivity index (χ2v) is 35.2. The van der Waals surface area contributed by atoms with Gasteiger partial charge in [-0.15, -0.1) is 0 Å². The van der Waals surface area contributed by atoms with Crippen molar-refractivity contribution < 1.29 is 287 Å². The van der Waals surface area contributed by atoms with E-state index in [-0.39, 0.29) is 0 Å². The summed E-state index contributed by atoms with van der Waals surface area (Å²) in [6.45, 7) is -7.34. The Labute approximate surface area is 785 Å². The SMILES string of the molecule is CC(=O)N[C@H]1[C@H](O[C@H]2[C@@H](O)[C@@H](CO)O[C@@H](O[C@H]3[C@H](O)[C@@H](O)[C@H](O)O[C@@H]3CO)[C@@H]2O)O[C@H](CO)[C@@H](O[C@@H]2O[C@H](CO[C@@H]3O[C@H](CO)[C@@H](O[C@@H]4O[C@H](CO)[C@H](O)[C@H](O[C@H]5O[C@H](CO)[C@H](O)[C@H](O)[C@H]5O)[C@H]4O[C@@H]4O[C@@H](C)[C@@H](O)[C@@H](O)[C@@H]4O)[C@H](O)[C@H]3NC(C)=O)[C@H](O)[C@H](O[C@@H]3O[C@H](CO)[C@@H](O[C@@H]4O[C@H](CO)[C@H](O)[C@H](O[C@]5(C(=O)O)C[C@H](O)[C@@H](NC(C)=O)[C@H]([C@H](O)[C@H](O)CO)O5)[C@H]4O)[C@H](O)[C@H]3NC(C)=O)[C@H]2O)[C@@H]1O. The van der Waals surface area contributed by atoms with Crippen LogP contribution >= 0.6 is 0 Å². The zero-order valence-electron chi connectivity index (χ0n) is 74.5. The van der Waals surface area contributed by atoms with Gasteiger partial charge < -0.3 is 284 Å². The van der Waals surface area contributed by atoms with E-state index < -0.39 is 445 Å². The van der Waals surface area contributed by atoms with Crippen LogP contribution in [0, 0.1) is 0 Å². The largest absolute Gasteiger partial charge is 0.477 e. The molecule has 0 saturated carbocycles. The van der Waals surface area contributed by atoms with E-state index in [9.17, 15) is 187 Å². The third-order valence-corrected chi connectivity index (χ3v) is 25.5. The van der Waals surface area contributed by atoms with E-state index >= 15 is 0 Å². The first kappa shape index (κ1) is 115. The number of aliphatic hydroxyl groups excluding tert-OH is 31. The smallest absolute Gasteiger partial charge is 0.364 e. The molecule has 0 bridgehead atoms. The van der Waals surface area contributed by atoms with Crippen LogP contribution in [0.15, 0.2) is 0 Å². The van der Waals surface area contributed by atoms with Crippen molar-refractivity contribution in [1.29, 1.82) is 0 Å². The second kappa shape index (κ2) is 49.4. The van der Waals surface area contributed by atoms with Crippen LogP contribution in [0.25, 0.3) is 0 Å². The molecule has 11 aliphatic rings. The third-order valence-electron chi connectivity index (χ3n) is 25.5. The molecule has 11 heterocycles. The van der Waals surface area contributed by atoms with Crippen LogP contribution in [0.3, 0.4) is 0 Å². The molecule has 4 amide bonds. The van der Waals surface area contributed by atoms with Gasteiger partial charge in [-0.2, -0.15) is 0 Å². The minimum absolute atomic E-state index is 0.839. The molecule has 804 valence electrons. The number of hydrogen-bond acceptors (Lipinski definition) is 57. The number of carboxylic acids is 1. The summed E-state index contributed by atoms with van der Waals surface area (Å²) in [5.74, 6) is -9.63. The van der Waals surface area contributed by atoms with Crippen molar-refractivity contribution in [2.75, 3.05) is 66.1 Å². The predicted octanol–water partition coefficient (Wildman–Crippen LogP) is -24.2. The molecule has 36 N–H and O–H groups in total. The van der Waals surface area contributed by atoms with E-state index in [1.807, 2.05) is 0 Å². The molecule has 62 nitrogen and oxygen atoms in total. The lowest BCUT2D eigenvalue weighted by Crippen LogP contribution is -2.71. The zero-order valence-corrected chi connectivity index (χ0v) is 74.5. The van der Waals surface area contributed by atoms with Gasteiger partial charge in [-0.1, -0.05) is 0 Å². The molecule has 11 rings (SSSR count). The molecular weight excluding hydrogens is 1910 g/mol. The molecule has 0 aromatic carbocycles. The maximum absolute atomic E-state index is 13.4. The van der Waals surface area contributed by atoms with Crippen LogP contribution in [0.4, 0.5) is 0 Å². The highest BCUT2D eigenvalue weighted by Crippen LogP contribution is 2.44. The maximum Gasteiger partial charge on any atom is 0.364 e. The quantitative estimate of drug-likeness (QED) is 0.0275. The minimum atomic E-state index is -3.35. The third kappa shape index (κ3) is 25.0. The Morgan fingerprint density at radius 3 is 1.06 bits per heavy atom. The van der Waals surface area contributed by atoms with Crippen molar-refractivity contribution in [1.82, 2.24) is 21.3 Å². The van der Waals surface area contributed by atoms with Gasteiger partial charge in [-0.3, -0.25) is 19.2 Å². The van der Waals surface area contributed by atoms with E-state index in [1.54, 1.807) is 0 Å². The molecule has 0 spiro atoms. The van der Waals surface area contributed by atoms with Gasteiger partial charge in [0.2, 0.25) is 23.6 Å². The van der Waals surface area contributed by atoms with Gasteiger partial charge in [0.15, 0.2) is 62.9 Å². The Morgan fingerprint density at radius 1 is 0.309 bits per heavy atom. The van der Waals surface area contributed by atoms with Crippen molar-refractivity contribution in [3.05, 3.63) is 0 Å². The first-order chi connectivity index (χ1) is 65.6. The van der Waals surface area contributed by atoms with E-state index in [0.717, 1.165) is 27.7 Å². The maximum atomic E-state index is 13.4. The first-order valence-electron chi connectivity index (χ1n) is 44.2. The van der Waals surface area contributed by atoms with Crippen molar-refractivity contribution in [2.24, 2.45) is 0 Å². The van der Waals surface area contributed by atoms with Crippen molar-refractivity contribution >= 4 is 29.6 Å². The number of hydrogen-bond donors (Lipinski definition) is 36. The van der Waals surface area contributed by atoms with Crippen molar-refractivity contribution in [2.45, 2.75) is 384 Å². The highest BCUT2D eigenvalue weighted by Gasteiger charge is 2.65. The van der Waals surface area contributed by atoms with Crippen LogP contribution in [0.5, 0.6) is 0 Å². The number of nitrogens with one attached hydrogen (secondary N) is 4. The number of aliphatic carboxylic acids is 1. The molecule has 139 heavy (non-hydrogen) atoms. The minimum Gasteiger partial charge on any atom is -0.477 e. The number of aliphatic hydroxyl groups is 31. The molecule has 56 atom stereocenters. The summed E-state index contributed by atoms with van der Waals surface area (Å²) >= 11 is 0. The summed E-state index contributed by atoms with van der Waals surface area (Å²) in [5, 5.41) is 368. The number of ether oxygens (including phenoxy) is 21. The summed E-state index contributed by atoms with van der Waals surface area (Å²) in [6.07, 6.45) is -113. The molecule has 0 unspecified atom stereocenters. The van der Waals surface area contributed by atoms with Gasteiger partial charge in [-0.05, 0) is 6.92 Å². The van der Waals surface area contributed by atoms with Crippen LogP contribution in [0.1, 0.15) is 41.0 Å². The Hall–Kier alpha value is -4.73. The zero-order chi connectivity index (χ0) is 103. The van der Waals surface area contributed by atoms with Gasteiger partial charge in [-0.25, -0.2) is 4.79 Å². The Morgan fingerprint density at radius 2 is 0.626 bits per heavy atom. The summed E-state index contributed by atoms with van der Waals surface area (Å²) in [7, 11) is 0. The molecule has 11 saturated heterocycles. The Balaban J connectivity index is 0.912. The lowest BCUT2D eigenvalue weighted by Gasteiger charge is -2.52. The van der Waals surface area contributed by atoms with Crippen LogP contribution in [-0.2, 0) is 123 Å². The average molecular weight is 2040 g/mol. The molecule has 62 heteroatoms. The first-order valence-corrected chi connectivity index (χ1v) is 44.2. The number of carboxylic acid groups (broad SMARTS) is 1. The molecule has 11 aliphatic heterocycles. The fraction of sp³-hybridized carbons (Fsp3) is 0.935. The van der Waals surface area contributed by atoms with Crippen LogP contribution in [-0.4, -0.2) is 602 Å². The molecule has 11 fully saturated rings. The highest BCUT2D eigenvalue weighted by atomic mass is 16.8. The van der Waals surface area contributed by atoms with Crippen molar-refractivity contribution in [3.8, 4) is 0 Å². The number of amides is 4. The fourth-order valence-electron chi connectivity index (χ4n) is 18.1. The number of carbonyl (C=O) groups is 5. The van der Waals surface area contributed by atoms with Crippen LogP contribution in [0.2, 0.25) is 0 Å². The predicted molar refractivity (Wildman–Crippen MR) is 425 cm³/mol. The molecular formula is C77H128N4O58. The lowest BCUT2D eigenvalue weighted by atomic mass is 9.88. The molecule has 0 aromatic heterocycles. The van der Waals surface area contributed by atoms with E-state index in [2.05, 4.69) is 21.3 Å². The Bertz CT molecular complexity index is 3870. The normalized spacial score (nSPS) is 48.9. The van der Waals surface area contributed by atoms with Gasteiger partial charge >= 0.3 is 5.97 Å². The van der Waals surface area contributed by atoms with E-state index in [0.29, 0.717) is 0 Å². The summed E-state index contributed by atoms with van der Waals surface area (Å²) in [6, 6.07) is -8.14. The number of rotatable bonds is 37. The van der Waals surface area contributed by atoms with E-state index in [4.69, 9.17) is 99.5 Å². The van der Waals surface area contributed by atoms with Gasteiger partial charge in [0, 0.05) is 34.1 Å². The van der Waals surface area contributed by atoms with Crippen LogP contribution < -0.4 is 21.3 Å².